The number of thioether (sulfide) groups is 1. The zero-order valence-electron chi connectivity index (χ0n) is 11.6. The average Bonchev–Trinajstić information content (AvgIpc) is 2.55. The first-order valence-corrected chi connectivity index (χ1v) is 8.29. The highest BCUT2D eigenvalue weighted by Gasteiger charge is 2.27. The smallest absolute Gasteiger partial charge is 0.261 e. The molecule has 0 aliphatic carbocycles. The van der Waals surface area contributed by atoms with Gasteiger partial charge in [0.05, 0.1) is 5.56 Å². The largest absolute Gasteiger partial charge is 0.469 e. The lowest BCUT2D eigenvalue weighted by Gasteiger charge is -2.27. The van der Waals surface area contributed by atoms with Crippen LogP contribution in [0.15, 0.2) is 40.3 Å². The fourth-order valence-electron chi connectivity index (χ4n) is 2.93. The molecule has 2 aliphatic heterocycles. The van der Waals surface area contributed by atoms with Gasteiger partial charge in [0.2, 0.25) is 5.88 Å². The lowest BCUT2D eigenvalue weighted by Crippen LogP contribution is -2.32. The summed E-state index contributed by atoms with van der Waals surface area (Å²) in [6, 6.07) is 10.2. The van der Waals surface area contributed by atoms with Crippen LogP contribution in [0.1, 0.15) is 30.1 Å². The highest BCUT2D eigenvalue weighted by Crippen LogP contribution is 2.34. The summed E-state index contributed by atoms with van der Waals surface area (Å²) in [5, 5.41) is 0.804. The second-order valence-electron chi connectivity index (χ2n) is 5.39. The molecule has 108 valence electrons. The maximum absolute atomic E-state index is 12.5. The summed E-state index contributed by atoms with van der Waals surface area (Å²) in [7, 11) is 0. The third-order valence-corrected chi connectivity index (χ3v) is 5.09. The fourth-order valence-corrected chi connectivity index (χ4v) is 3.87. The second-order valence-corrected chi connectivity index (χ2v) is 6.45. The van der Waals surface area contributed by atoms with Crippen LogP contribution in [-0.4, -0.2) is 15.3 Å². The van der Waals surface area contributed by atoms with E-state index in [1.165, 1.54) is 0 Å². The van der Waals surface area contributed by atoms with Crippen molar-refractivity contribution >= 4 is 11.8 Å². The normalized spacial score (nSPS) is 20.3. The van der Waals surface area contributed by atoms with Crippen molar-refractivity contribution in [3.8, 4) is 5.88 Å². The van der Waals surface area contributed by atoms with Crippen molar-refractivity contribution in [1.29, 1.82) is 0 Å². The van der Waals surface area contributed by atoms with Gasteiger partial charge in [-0.05, 0) is 24.8 Å². The molecule has 4 nitrogen and oxygen atoms in total. The molecule has 0 fully saturated rings. The van der Waals surface area contributed by atoms with Crippen LogP contribution in [0.3, 0.4) is 0 Å². The van der Waals surface area contributed by atoms with Crippen molar-refractivity contribution < 1.29 is 4.74 Å². The molecule has 0 unspecified atom stereocenters. The summed E-state index contributed by atoms with van der Waals surface area (Å²) in [4.78, 5) is 17.1. The number of fused-ring (bicyclic) bond motifs is 2. The molecule has 0 N–H and O–H groups in total. The molecule has 0 radical (unpaired) electrons. The molecule has 3 heterocycles. The van der Waals surface area contributed by atoms with Crippen molar-refractivity contribution in [3.63, 3.8) is 0 Å². The third kappa shape index (κ3) is 2.25. The quantitative estimate of drug-likeness (QED) is 0.760. The minimum atomic E-state index is 0.00207. The highest BCUT2D eigenvalue weighted by atomic mass is 32.2. The van der Waals surface area contributed by atoms with Crippen LogP contribution >= 0.6 is 11.8 Å². The van der Waals surface area contributed by atoms with Gasteiger partial charge in [0.1, 0.15) is 6.10 Å². The topological polar surface area (TPSA) is 44.1 Å². The van der Waals surface area contributed by atoms with Crippen molar-refractivity contribution in [2.24, 2.45) is 0 Å². The molecule has 1 atom stereocenters. The minimum absolute atomic E-state index is 0.00207. The van der Waals surface area contributed by atoms with Gasteiger partial charge in [-0.15, -0.1) is 0 Å². The van der Waals surface area contributed by atoms with Crippen LogP contribution < -0.4 is 10.3 Å². The Morgan fingerprint density at radius 2 is 2.14 bits per heavy atom. The monoisotopic (exact) mass is 300 g/mol. The average molecular weight is 300 g/mol. The first-order valence-electron chi connectivity index (χ1n) is 7.31. The van der Waals surface area contributed by atoms with Crippen LogP contribution in [-0.2, 0) is 13.0 Å². The summed E-state index contributed by atoms with van der Waals surface area (Å²) < 4.78 is 7.83. The Hall–Kier alpha value is -1.75. The molecular formula is C16H16N2O2S. The fraction of sp³-hybridized carbons (Fsp3) is 0.375. The molecule has 4 rings (SSSR count). The highest BCUT2D eigenvalue weighted by molar-refractivity contribution is 7.99. The number of hydrogen-bond acceptors (Lipinski definition) is 4. The van der Waals surface area contributed by atoms with E-state index >= 15 is 0 Å². The summed E-state index contributed by atoms with van der Waals surface area (Å²) in [6.45, 7) is 0.781. The standard InChI is InChI=1S/C16H16N2O2S/c19-15-12-7-8-13(11-5-2-1-3-6-11)20-14(12)17-16-18(15)9-4-10-21-16/h1-3,5-6,13H,4,7-10H2/t13-/m1/s1. The van der Waals surface area contributed by atoms with Gasteiger partial charge in [-0.1, -0.05) is 42.1 Å². The van der Waals surface area contributed by atoms with E-state index in [0.717, 1.165) is 47.8 Å². The van der Waals surface area contributed by atoms with Crippen molar-refractivity contribution in [2.45, 2.75) is 37.1 Å². The molecule has 0 saturated carbocycles. The van der Waals surface area contributed by atoms with Crippen LogP contribution in [0.25, 0.3) is 0 Å². The lowest BCUT2D eigenvalue weighted by atomic mass is 10.00. The van der Waals surface area contributed by atoms with Gasteiger partial charge in [-0.25, -0.2) is 0 Å². The van der Waals surface area contributed by atoms with Gasteiger partial charge < -0.3 is 4.74 Å². The molecule has 2 aromatic rings. The van der Waals surface area contributed by atoms with Crippen LogP contribution in [0, 0.1) is 0 Å². The van der Waals surface area contributed by atoms with E-state index in [-0.39, 0.29) is 11.7 Å². The van der Waals surface area contributed by atoms with Gasteiger partial charge in [0.25, 0.3) is 5.56 Å². The summed E-state index contributed by atoms with van der Waals surface area (Å²) in [6.07, 6.45) is 2.61. The van der Waals surface area contributed by atoms with Crippen LogP contribution in [0.4, 0.5) is 0 Å². The van der Waals surface area contributed by atoms with Crippen molar-refractivity contribution in [2.75, 3.05) is 5.75 Å². The molecule has 0 bridgehead atoms. The lowest BCUT2D eigenvalue weighted by molar-refractivity contribution is 0.163. The van der Waals surface area contributed by atoms with Gasteiger partial charge in [0.15, 0.2) is 5.16 Å². The maximum atomic E-state index is 12.5. The van der Waals surface area contributed by atoms with E-state index in [0.29, 0.717) is 5.88 Å². The van der Waals surface area contributed by atoms with Gasteiger partial charge in [-0.3, -0.25) is 9.36 Å². The molecule has 1 aromatic heterocycles. The summed E-state index contributed by atoms with van der Waals surface area (Å²) in [5.74, 6) is 1.56. The van der Waals surface area contributed by atoms with Crippen LogP contribution in [0.5, 0.6) is 5.88 Å². The number of aromatic nitrogens is 2. The molecule has 0 saturated heterocycles. The number of ether oxygens (including phenoxy) is 1. The Bertz CT molecular complexity index is 727. The Labute approximate surface area is 127 Å². The molecule has 5 heteroatoms. The Morgan fingerprint density at radius 3 is 3.00 bits per heavy atom. The molecule has 0 amide bonds. The molecule has 1 aromatic carbocycles. The van der Waals surface area contributed by atoms with Crippen molar-refractivity contribution in [1.82, 2.24) is 9.55 Å². The molecule has 21 heavy (non-hydrogen) atoms. The van der Waals surface area contributed by atoms with E-state index in [1.54, 1.807) is 16.3 Å². The Morgan fingerprint density at radius 1 is 1.29 bits per heavy atom. The van der Waals surface area contributed by atoms with E-state index in [1.807, 2.05) is 18.2 Å². The van der Waals surface area contributed by atoms with E-state index < -0.39 is 0 Å². The molecule has 2 aliphatic rings. The second kappa shape index (κ2) is 5.22. The number of benzene rings is 1. The Kier molecular flexibility index (Phi) is 3.22. The van der Waals surface area contributed by atoms with E-state index in [9.17, 15) is 4.79 Å². The SMILES string of the molecule is O=c1c2c(nc3n1CCCS3)O[C@@H](c1ccccc1)CC2. The predicted octanol–water partition coefficient (Wildman–Crippen LogP) is 2.81. The minimum Gasteiger partial charge on any atom is -0.469 e. The van der Waals surface area contributed by atoms with E-state index in [4.69, 9.17) is 4.74 Å². The molecule has 0 spiro atoms. The zero-order valence-corrected chi connectivity index (χ0v) is 12.4. The third-order valence-electron chi connectivity index (χ3n) is 4.03. The number of rotatable bonds is 1. The summed E-state index contributed by atoms with van der Waals surface area (Å²) in [5.41, 5.74) is 1.98. The zero-order chi connectivity index (χ0) is 14.2. The maximum Gasteiger partial charge on any atom is 0.261 e. The van der Waals surface area contributed by atoms with Gasteiger partial charge >= 0.3 is 0 Å². The molecular weight excluding hydrogens is 284 g/mol. The Balaban J connectivity index is 1.73. The van der Waals surface area contributed by atoms with Gasteiger partial charge in [0, 0.05) is 12.3 Å². The first kappa shape index (κ1) is 13.0. The number of hydrogen-bond donors (Lipinski definition) is 0. The predicted molar refractivity (Wildman–Crippen MR) is 82.0 cm³/mol. The van der Waals surface area contributed by atoms with Gasteiger partial charge in [-0.2, -0.15) is 4.98 Å². The number of nitrogens with zero attached hydrogens (tertiary/aromatic N) is 2. The van der Waals surface area contributed by atoms with E-state index in [2.05, 4.69) is 17.1 Å². The first-order chi connectivity index (χ1) is 10.3. The van der Waals surface area contributed by atoms with Crippen LogP contribution in [0.2, 0.25) is 0 Å². The summed E-state index contributed by atoms with van der Waals surface area (Å²) >= 11 is 1.64. The van der Waals surface area contributed by atoms with Crippen molar-refractivity contribution in [3.05, 3.63) is 51.8 Å².